The highest BCUT2D eigenvalue weighted by Gasteiger charge is 2.38. The van der Waals surface area contributed by atoms with Crippen molar-refractivity contribution >= 4 is 11.3 Å². The smallest absolute Gasteiger partial charge is 0.268 e. The summed E-state index contributed by atoms with van der Waals surface area (Å²) in [6.45, 7) is 2.18. The van der Waals surface area contributed by atoms with Crippen molar-refractivity contribution in [3.8, 4) is 16.8 Å². The summed E-state index contributed by atoms with van der Waals surface area (Å²) in [5.41, 5.74) is 0. The molecule has 1 aliphatic rings. The third-order valence-corrected chi connectivity index (χ3v) is 3.79. The highest BCUT2D eigenvalue weighted by Crippen LogP contribution is 2.46. The van der Waals surface area contributed by atoms with Crippen molar-refractivity contribution in [1.29, 1.82) is 5.26 Å². The van der Waals surface area contributed by atoms with Crippen LogP contribution in [0.25, 0.3) is 10.8 Å². The van der Waals surface area contributed by atoms with Crippen molar-refractivity contribution in [2.24, 2.45) is 5.92 Å². The zero-order chi connectivity index (χ0) is 11.1. The summed E-state index contributed by atoms with van der Waals surface area (Å²) in [6.07, 6.45) is 1.15. The molecule has 2 unspecified atom stereocenters. The first-order valence-electron chi connectivity index (χ1n) is 5.12. The summed E-state index contributed by atoms with van der Waals surface area (Å²) in [4.78, 5) is 5.89. The maximum absolute atomic E-state index is 8.73. The van der Waals surface area contributed by atoms with Crippen LogP contribution < -0.4 is 0 Å². The van der Waals surface area contributed by atoms with Crippen LogP contribution in [0.3, 0.4) is 0 Å². The summed E-state index contributed by atoms with van der Waals surface area (Å²) >= 11 is 1.37. The molecule has 0 amide bonds. The summed E-state index contributed by atoms with van der Waals surface area (Å²) in [7, 11) is 0. The van der Waals surface area contributed by atoms with E-state index in [0.29, 0.717) is 22.6 Å². The monoisotopic (exact) mass is 231 g/mol. The van der Waals surface area contributed by atoms with E-state index in [-0.39, 0.29) is 0 Å². The first-order chi connectivity index (χ1) is 7.78. The molecule has 0 aliphatic heterocycles. The van der Waals surface area contributed by atoms with Crippen LogP contribution in [-0.4, -0.2) is 10.1 Å². The number of nitrogens with zero attached hydrogens (tertiary/aromatic N) is 3. The van der Waals surface area contributed by atoms with E-state index in [9.17, 15) is 0 Å². The molecule has 2 heterocycles. The molecule has 5 heteroatoms. The van der Waals surface area contributed by atoms with E-state index in [1.165, 1.54) is 11.3 Å². The molecular weight excluding hydrogens is 222 g/mol. The van der Waals surface area contributed by atoms with Gasteiger partial charge in [-0.2, -0.15) is 10.2 Å². The van der Waals surface area contributed by atoms with E-state index in [0.717, 1.165) is 17.1 Å². The minimum Gasteiger partial charge on any atom is -0.333 e. The lowest BCUT2D eigenvalue weighted by Crippen LogP contribution is -1.83. The van der Waals surface area contributed by atoms with Crippen molar-refractivity contribution in [1.82, 2.24) is 10.1 Å². The minimum absolute atomic E-state index is 0.466. The molecule has 0 bridgehead atoms. The predicted molar refractivity (Wildman–Crippen MR) is 58.8 cm³/mol. The molecule has 2 aromatic heterocycles. The van der Waals surface area contributed by atoms with Crippen LogP contribution in [-0.2, 0) is 0 Å². The fourth-order valence-corrected chi connectivity index (χ4v) is 2.41. The maximum Gasteiger partial charge on any atom is 0.268 e. The van der Waals surface area contributed by atoms with E-state index in [2.05, 4.69) is 23.1 Å². The van der Waals surface area contributed by atoms with Crippen LogP contribution in [0, 0.1) is 17.2 Å². The molecule has 1 saturated carbocycles. The fourth-order valence-electron chi connectivity index (χ4n) is 1.68. The van der Waals surface area contributed by atoms with E-state index in [1.807, 2.05) is 6.07 Å². The van der Waals surface area contributed by atoms with Gasteiger partial charge in [0.2, 0.25) is 0 Å². The van der Waals surface area contributed by atoms with Gasteiger partial charge in [-0.25, -0.2) is 0 Å². The number of aromatic nitrogens is 2. The Morgan fingerprint density at radius 3 is 3.00 bits per heavy atom. The zero-order valence-electron chi connectivity index (χ0n) is 8.67. The molecule has 0 spiro atoms. The van der Waals surface area contributed by atoms with Crippen LogP contribution in [0.15, 0.2) is 16.7 Å². The molecule has 0 saturated heterocycles. The van der Waals surface area contributed by atoms with Crippen molar-refractivity contribution in [2.75, 3.05) is 0 Å². The van der Waals surface area contributed by atoms with Crippen molar-refractivity contribution in [2.45, 2.75) is 19.3 Å². The van der Waals surface area contributed by atoms with Crippen molar-refractivity contribution < 1.29 is 4.52 Å². The predicted octanol–water partition coefficient (Wildman–Crippen LogP) is 2.79. The highest BCUT2D eigenvalue weighted by atomic mass is 32.1. The number of rotatable bonds is 2. The van der Waals surface area contributed by atoms with Gasteiger partial charge in [-0.15, -0.1) is 11.3 Å². The Morgan fingerprint density at radius 2 is 2.38 bits per heavy atom. The fraction of sp³-hybridized carbons (Fsp3) is 0.364. The molecule has 2 atom stereocenters. The van der Waals surface area contributed by atoms with Gasteiger partial charge in [-0.1, -0.05) is 12.1 Å². The van der Waals surface area contributed by atoms with Gasteiger partial charge in [0, 0.05) is 5.92 Å². The highest BCUT2D eigenvalue weighted by molar-refractivity contribution is 7.15. The van der Waals surface area contributed by atoms with Crippen LogP contribution in [0.5, 0.6) is 0 Å². The molecule has 4 nitrogen and oxygen atoms in total. The second kappa shape index (κ2) is 3.42. The Kier molecular flexibility index (Phi) is 2.04. The first kappa shape index (κ1) is 9.55. The van der Waals surface area contributed by atoms with Crippen LogP contribution in [0.1, 0.15) is 30.0 Å². The molecule has 2 aromatic rings. The van der Waals surface area contributed by atoms with E-state index in [1.54, 1.807) is 6.07 Å². The van der Waals surface area contributed by atoms with Gasteiger partial charge < -0.3 is 4.52 Å². The zero-order valence-corrected chi connectivity index (χ0v) is 9.49. The molecule has 1 fully saturated rings. The van der Waals surface area contributed by atoms with E-state index < -0.39 is 0 Å². The Morgan fingerprint density at radius 1 is 1.56 bits per heavy atom. The Labute approximate surface area is 96.5 Å². The van der Waals surface area contributed by atoms with Gasteiger partial charge in [0.15, 0.2) is 5.82 Å². The lowest BCUT2D eigenvalue weighted by atomic mass is 10.3. The SMILES string of the molecule is CC1CC1c1noc(-c2ccc(C#N)s2)n1. The standard InChI is InChI=1S/C11H9N3OS/c1-6-4-8(6)10-13-11(15-14-10)9-3-2-7(5-12)16-9/h2-3,6,8H,4H2,1H3. The number of hydrogen-bond acceptors (Lipinski definition) is 5. The van der Waals surface area contributed by atoms with Crippen molar-refractivity contribution in [3.63, 3.8) is 0 Å². The summed E-state index contributed by atoms with van der Waals surface area (Å²) in [5.74, 6) is 2.46. The first-order valence-corrected chi connectivity index (χ1v) is 5.93. The van der Waals surface area contributed by atoms with Crippen molar-refractivity contribution in [3.05, 3.63) is 22.8 Å². The van der Waals surface area contributed by atoms with Crippen LogP contribution in [0.2, 0.25) is 0 Å². The lowest BCUT2D eigenvalue weighted by molar-refractivity contribution is 0.423. The molecular formula is C11H9N3OS. The molecule has 0 N–H and O–H groups in total. The third kappa shape index (κ3) is 1.51. The van der Waals surface area contributed by atoms with E-state index in [4.69, 9.17) is 9.78 Å². The number of thiophene rings is 1. The number of nitriles is 1. The average Bonchev–Trinajstić information content (AvgIpc) is 2.80. The summed E-state index contributed by atoms with van der Waals surface area (Å²) in [5, 5.41) is 12.7. The van der Waals surface area contributed by atoms with Crippen LogP contribution in [0.4, 0.5) is 0 Å². The second-order valence-corrected chi connectivity index (χ2v) is 5.14. The summed E-state index contributed by atoms with van der Waals surface area (Å²) < 4.78 is 5.20. The normalized spacial score (nSPS) is 23.0. The maximum atomic E-state index is 8.73. The van der Waals surface area contributed by atoms with Gasteiger partial charge in [0.05, 0.1) is 4.88 Å². The van der Waals surface area contributed by atoms with Gasteiger partial charge in [0.25, 0.3) is 5.89 Å². The second-order valence-electron chi connectivity index (χ2n) is 4.05. The van der Waals surface area contributed by atoms with Gasteiger partial charge in [-0.3, -0.25) is 0 Å². The molecule has 0 aromatic carbocycles. The Hall–Kier alpha value is -1.67. The van der Waals surface area contributed by atoms with E-state index >= 15 is 0 Å². The third-order valence-electron chi connectivity index (χ3n) is 2.81. The Bertz CT molecular complexity index is 566. The quantitative estimate of drug-likeness (QED) is 0.797. The molecule has 16 heavy (non-hydrogen) atoms. The molecule has 80 valence electrons. The Balaban J connectivity index is 1.89. The van der Waals surface area contributed by atoms with Gasteiger partial charge in [-0.05, 0) is 24.5 Å². The van der Waals surface area contributed by atoms with Gasteiger partial charge in [0.1, 0.15) is 10.9 Å². The van der Waals surface area contributed by atoms with Crippen LogP contribution >= 0.6 is 11.3 Å². The largest absolute Gasteiger partial charge is 0.333 e. The topological polar surface area (TPSA) is 62.7 Å². The average molecular weight is 231 g/mol. The summed E-state index contributed by atoms with van der Waals surface area (Å²) in [6, 6.07) is 5.71. The minimum atomic E-state index is 0.466. The number of hydrogen-bond donors (Lipinski definition) is 0. The molecule has 1 aliphatic carbocycles. The molecule has 3 rings (SSSR count). The lowest BCUT2D eigenvalue weighted by Gasteiger charge is -1.84. The van der Waals surface area contributed by atoms with Gasteiger partial charge >= 0.3 is 0 Å². The molecule has 0 radical (unpaired) electrons.